The van der Waals surface area contributed by atoms with Crippen LogP contribution in [0.5, 0.6) is 0 Å². The molecular weight excluding hydrogens is 249 g/mol. The molecule has 1 saturated carbocycles. The Bertz CT molecular complexity index is 390. The molecule has 0 saturated heterocycles. The second-order valence-electron chi connectivity index (χ2n) is 5.13. The molecule has 100 valence electrons. The van der Waals surface area contributed by atoms with E-state index in [1.165, 1.54) is 18.9 Å². The summed E-state index contributed by atoms with van der Waals surface area (Å²) in [5.74, 6) is 0.722. The fraction of sp³-hybridized carbons (Fsp3) is 0.600. The van der Waals surface area contributed by atoms with Crippen molar-refractivity contribution < 1.29 is 4.39 Å². The molecule has 1 N–H and O–H groups in total. The summed E-state index contributed by atoms with van der Waals surface area (Å²) in [5.41, 5.74) is 0.744. The topological polar surface area (TPSA) is 12.0 Å². The molecule has 1 fully saturated rings. The molecule has 1 nitrogen and oxygen atoms in total. The standard InChI is InChI=1S/C15H21ClFN/c1-2-18-15(11-6-7-11)5-3-4-12-10-13(16)8-9-14(12)17/h8-11,15,18H,2-7H2,1H3. The van der Waals surface area contributed by atoms with Crippen LogP contribution in [0, 0.1) is 11.7 Å². The fourth-order valence-corrected chi connectivity index (χ4v) is 2.71. The molecule has 0 radical (unpaired) electrons. The minimum absolute atomic E-state index is 0.133. The fourth-order valence-electron chi connectivity index (χ4n) is 2.51. The first-order valence-electron chi connectivity index (χ1n) is 6.88. The molecular formula is C15H21ClFN. The van der Waals surface area contributed by atoms with Crippen molar-refractivity contribution >= 4 is 11.6 Å². The molecule has 0 amide bonds. The van der Waals surface area contributed by atoms with E-state index in [9.17, 15) is 4.39 Å². The lowest BCUT2D eigenvalue weighted by molar-refractivity contribution is 0.433. The molecule has 1 aliphatic rings. The van der Waals surface area contributed by atoms with Gasteiger partial charge in [-0.2, -0.15) is 0 Å². The van der Waals surface area contributed by atoms with E-state index in [0.717, 1.165) is 37.3 Å². The molecule has 1 aromatic rings. The molecule has 0 bridgehead atoms. The SMILES string of the molecule is CCNC(CCCc1cc(Cl)ccc1F)C1CC1. The van der Waals surface area contributed by atoms with Crippen LogP contribution in [-0.2, 0) is 6.42 Å². The number of hydrogen-bond acceptors (Lipinski definition) is 1. The molecule has 3 heteroatoms. The molecule has 2 rings (SSSR count). The highest BCUT2D eigenvalue weighted by Crippen LogP contribution is 2.34. The molecule has 0 spiro atoms. The third-order valence-electron chi connectivity index (χ3n) is 3.63. The van der Waals surface area contributed by atoms with Gasteiger partial charge in [0.15, 0.2) is 0 Å². The van der Waals surface area contributed by atoms with Crippen LogP contribution in [0.1, 0.15) is 38.2 Å². The van der Waals surface area contributed by atoms with Crippen molar-refractivity contribution in [3.05, 3.63) is 34.6 Å². The van der Waals surface area contributed by atoms with Crippen molar-refractivity contribution in [2.45, 2.75) is 45.1 Å². The van der Waals surface area contributed by atoms with E-state index in [2.05, 4.69) is 12.2 Å². The van der Waals surface area contributed by atoms with E-state index in [4.69, 9.17) is 11.6 Å². The van der Waals surface area contributed by atoms with Crippen molar-refractivity contribution in [2.75, 3.05) is 6.54 Å². The van der Waals surface area contributed by atoms with E-state index in [-0.39, 0.29) is 5.82 Å². The van der Waals surface area contributed by atoms with Gasteiger partial charge in [-0.25, -0.2) is 4.39 Å². The van der Waals surface area contributed by atoms with Gasteiger partial charge in [-0.3, -0.25) is 0 Å². The van der Waals surface area contributed by atoms with Gasteiger partial charge in [0.25, 0.3) is 0 Å². The molecule has 0 aromatic heterocycles. The lowest BCUT2D eigenvalue weighted by Crippen LogP contribution is -2.30. The molecule has 1 atom stereocenters. The summed E-state index contributed by atoms with van der Waals surface area (Å²) in [6.45, 7) is 3.17. The molecule has 1 aliphatic carbocycles. The monoisotopic (exact) mass is 269 g/mol. The maximum Gasteiger partial charge on any atom is 0.126 e. The maximum absolute atomic E-state index is 13.5. The van der Waals surface area contributed by atoms with E-state index in [0.29, 0.717) is 11.1 Å². The van der Waals surface area contributed by atoms with Gasteiger partial charge in [-0.1, -0.05) is 18.5 Å². The van der Waals surface area contributed by atoms with Gasteiger partial charge in [-0.05, 0) is 68.3 Å². The van der Waals surface area contributed by atoms with Gasteiger partial charge < -0.3 is 5.32 Å². The second kappa shape index (κ2) is 6.53. The van der Waals surface area contributed by atoms with Crippen LogP contribution in [-0.4, -0.2) is 12.6 Å². The first-order chi connectivity index (χ1) is 8.70. The Balaban J connectivity index is 1.81. The first kappa shape index (κ1) is 13.8. The van der Waals surface area contributed by atoms with Gasteiger partial charge in [-0.15, -0.1) is 0 Å². The minimum atomic E-state index is -0.133. The zero-order valence-electron chi connectivity index (χ0n) is 10.9. The third-order valence-corrected chi connectivity index (χ3v) is 3.86. The van der Waals surface area contributed by atoms with Gasteiger partial charge in [0.05, 0.1) is 0 Å². The number of benzene rings is 1. The molecule has 0 aliphatic heterocycles. The Kier molecular flexibility index (Phi) is 5.02. The predicted molar refractivity (Wildman–Crippen MR) is 74.5 cm³/mol. The van der Waals surface area contributed by atoms with Crippen molar-refractivity contribution in [3.8, 4) is 0 Å². The number of hydrogen-bond donors (Lipinski definition) is 1. The van der Waals surface area contributed by atoms with Crippen LogP contribution in [0.3, 0.4) is 0 Å². The number of nitrogens with one attached hydrogen (secondary N) is 1. The maximum atomic E-state index is 13.5. The summed E-state index contributed by atoms with van der Waals surface area (Å²) in [5, 5.41) is 4.16. The Hall–Kier alpha value is -0.600. The molecule has 1 unspecified atom stereocenters. The van der Waals surface area contributed by atoms with E-state index < -0.39 is 0 Å². The van der Waals surface area contributed by atoms with Crippen LogP contribution in [0.2, 0.25) is 5.02 Å². The van der Waals surface area contributed by atoms with Crippen LogP contribution in [0.25, 0.3) is 0 Å². The van der Waals surface area contributed by atoms with Crippen LogP contribution in [0.15, 0.2) is 18.2 Å². The highest BCUT2D eigenvalue weighted by Gasteiger charge is 2.29. The smallest absolute Gasteiger partial charge is 0.126 e. The van der Waals surface area contributed by atoms with E-state index >= 15 is 0 Å². The number of rotatable bonds is 7. The Morgan fingerprint density at radius 2 is 2.22 bits per heavy atom. The lowest BCUT2D eigenvalue weighted by Gasteiger charge is -2.17. The zero-order chi connectivity index (χ0) is 13.0. The van der Waals surface area contributed by atoms with Crippen LogP contribution < -0.4 is 5.32 Å². The summed E-state index contributed by atoms with van der Waals surface area (Å²) < 4.78 is 13.5. The van der Waals surface area contributed by atoms with Crippen LogP contribution >= 0.6 is 11.6 Å². The Morgan fingerprint density at radius 3 is 2.89 bits per heavy atom. The number of aryl methyl sites for hydroxylation is 1. The number of halogens is 2. The molecule has 18 heavy (non-hydrogen) atoms. The minimum Gasteiger partial charge on any atom is -0.314 e. The van der Waals surface area contributed by atoms with Gasteiger partial charge in [0.1, 0.15) is 5.82 Å². The molecule has 1 aromatic carbocycles. The van der Waals surface area contributed by atoms with Gasteiger partial charge in [0, 0.05) is 11.1 Å². The normalized spacial score (nSPS) is 16.8. The van der Waals surface area contributed by atoms with Crippen molar-refractivity contribution in [2.24, 2.45) is 5.92 Å². The summed E-state index contributed by atoms with van der Waals surface area (Å²) in [7, 11) is 0. The lowest BCUT2D eigenvalue weighted by atomic mass is 10.0. The summed E-state index contributed by atoms with van der Waals surface area (Å²) in [4.78, 5) is 0. The predicted octanol–water partition coefficient (Wildman–Crippen LogP) is 4.19. The van der Waals surface area contributed by atoms with Gasteiger partial charge >= 0.3 is 0 Å². The highest BCUT2D eigenvalue weighted by molar-refractivity contribution is 6.30. The summed E-state index contributed by atoms with van der Waals surface area (Å²) in [6, 6.07) is 5.43. The largest absolute Gasteiger partial charge is 0.314 e. The third kappa shape index (κ3) is 3.96. The molecule has 0 heterocycles. The quantitative estimate of drug-likeness (QED) is 0.783. The van der Waals surface area contributed by atoms with Crippen molar-refractivity contribution in [1.29, 1.82) is 0 Å². The van der Waals surface area contributed by atoms with Gasteiger partial charge in [0.2, 0.25) is 0 Å². The average molecular weight is 270 g/mol. The summed E-state index contributed by atoms with van der Waals surface area (Å²) >= 11 is 5.89. The zero-order valence-corrected chi connectivity index (χ0v) is 11.6. The van der Waals surface area contributed by atoms with Crippen LogP contribution in [0.4, 0.5) is 4.39 Å². The average Bonchev–Trinajstić information content (AvgIpc) is 3.16. The highest BCUT2D eigenvalue weighted by atomic mass is 35.5. The Morgan fingerprint density at radius 1 is 1.44 bits per heavy atom. The van der Waals surface area contributed by atoms with E-state index in [1.54, 1.807) is 12.1 Å². The first-order valence-corrected chi connectivity index (χ1v) is 7.25. The Labute approximate surface area is 114 Å². The van der Waals surface area contributed by atoms with E-state index in [1.807, 2.05) is 0 Å². The summed E-state index contributed by atoms with van der Waals surface area (Å²) in [6.07, 6.45) is 5.63. The van der Waals surface area contributed by atoms with Crippen molar-refractivity contribution in [3.63, 3.8) is 0 Å². The second-order valence-corrected chi connectivity index (χ2v) is 5.57. The van der Waals surface area contributed by atoms with Crippen molar-refractivity contribution in [1.82, 2.24) is 5.32 Å².